The zero-order valence-corrected chi connectivity index (χ0v) is 16.8. The third-order valence-corrected chi connectivity index (χ3v) is 4.08. The van der Waals surface area contributed by atoms with Crippen molar-refractivity contribution in [1.29, 1.82) is 10.5 Å². The molecule has 1 aromatic heterocycles. The largest absolute Gasteiger partial charge is 0.340 e. The van der Waals surface area contributed by atoms with E-state index in [1.165, 1.54) is 6.08 Å². The van der Waals surface area contributed by atoms with Crippen LogP contribution in [0.15, 0.2) is 54.7 Å². The molecule has 1 heterocycles. The molecule has 0 bridgehead atoms. The highest BCUT2D eigenvalue weighted by atomic mass is 35.5. The van der Waals surface area contributed by atoms with E-state index >= 15 is 0 Å². The number of nitriles is 2. The molecular formula is C23H23ClN6. The van der Waals surface area contributed by atoms with Crippen LogP contribution in [0.25, 0.3) is 6.08 Å². The summed E-state index contributed by atoms with van der Waals surface area (Å²) in [5, 5.41) is 24.0. The standard InChI is InChI=1S/C22H18N6.CH4.ClH/c1-15-12-18(4-3-10-23)13-16(2)21(15)27-20-9-11-25-22(28-20)26-19-7-5-17(14-24)6-8-19;;/h3-9,11-13H,1-2H3,(H2,25,26,27,28);1H4;1H/b4-3-;;. The van der Waals surface area contributed by atoms with Gasteiger partial charge in [0.05, 0.1) is 17.7 Å². The molecule has 0 aliphatic carbocycles. The molecule has 152 valence electrons. The van der Waals surface area contributed by atoms with Crippen LogP contribution >= 0.6 is 12.4 Å². The van der Waals surface area contributed by atoms with Crippen molar-refractivity contribution in [3.63, 3.8) is 0 Å². The Hall–Kier alpha value is -3.87. The number of hydrogen-bond acceptors (Lipinski definition) is 6. The first-order valence-corrected chi connectivity index (χ1v) is 8.63. The highest BCUT2D eigenvalue weighted by molar-refractivity contribution is 5.85. The van der Waals surface area contributed by atoms with Gasteiger partial charge in [0.2, 0.25) is 5.95 Å². The van der Waals surface area contributed by atoms with Crippen LogP contribution < -0.4 is 10.6 Å². The molecule has 0 spiro atoms. The first-order valence-electron chi connectivity index (χ1n) is 8.63. The van der Waals surface area contributed by atoms with Crippen molar-refractivity contribution in [2.75, 3.05) is 10.6 Å². The van der Waals surface area contributed by atoms with E-state index in [4.69, 9.17) is 10.5 Å². The average molecular weight is 419 g/mol. The number of rotatable bonds is 5. The summed E-state index contributed by atoms with van der Waals surface area (Å²) in [5.41, 5.74) is 5.46. The van der Waals surface area contributed by atoms with Crippen molar-refractivity contribution in [3.8, 4) is 12.1 Å². The number of allylic oxidation sites excluding steroid dienone is 1. The normalized spacial score (nSPS) is 9.60. The molecule has 6 nitrogen and oxygen atoms in total. The van der Waals surface area contributed by atoms with E-state index in [0.717, 1.165) is 28.1 Å². The lowest BCUT2D eigenvalue weighted by atomic mass is 10.0. The summed E-state index contributed by atoms with van der Waals surface area (Å²) >= 11 is 0. The Labute approximate surface area is 183 Å². The number of benzene rings is 2. The molecule has 30 heavy (non-hydrogen) atoms. The quantitative estimate of drug-likeness (QED) is 0.489. The van der Waals surface area contributed by atoms with Crippen LogP contribution in [-0.4, -0.2) is 9.97 Å². The highest BCUT2D eigenvalue weighted by Crippen LogP contribution is 2.26. The molecule has 0 saturated carbocycles. The SMILES string of the molecule is C.Cc1cc(/C=C\C#N)cc(C)c1Nc1ccnc(Nc2ccc(C#N)cc2)n1.Cl. The second-order valence-corrected chi connectivity index (χ2v) is 6.20. The van der Waals surface area contributed by atoms with Crippen LogP contribution in [0.2, 0.25) is 0 Å². The maximum absolute atomic E-state index is 8.88. The summed E-state index contributed by atoms with van der Waals surface area (Å²) in [7, 11) is 0. The van der Waals surface area contributed by atoms with Crippen molar-refractivity contribution in [2.24, 2.45) is 0 Å². The lowest BCUT2D eigenvalue weighted by molar-refractivity contribution is 1.16. The third-order valence-electron chi connectivity index (χ3n) is 4.08. The molecule has 0 unspecified atom stereocenters. The summed E-state index contributed by atoms with van der Waals surface area (Å²) in [4.78, 5) is 8.75. The third kappa shape index (κ3) is 6.07. The Bertz CT molecular complexity index is 1080. The van der Waals surface area contributed by atoms with E-state index in [9.17, 15) is 0 Å². The fourth-order valence-corrected chi connectivity index (χ4v) is 2.80. The Morgan fingerprint density at radius 1 is 0.967 bits per heavy atom. The second kappa shape index (κ2) is 11.2. The first kappa shape index (κ1) is 24.2. The molecule has 0 saturated heterocycles. The van der Waals surface area contributed by atoms with Gasteiger partial charge in [-0.2, -0.15) is 15.5 Å². The van der Waals surface area contributed by atoms with Crippen molar-refractivity contribution in [3.05, 3.63) is 77.0 Å². The van der Waals surface area contributed by atoms with Crippen LogP contribution in [0.3, 0.4) is 0 Å². The van der Waals surface area contributed by atoms with Gasteiger partial charge in [0, 0.05) is 23.6 Å². The molecule has 0 aliphatic heterocycles. The molecule has 3 aromatic rings. The maximum atomic E-state index is 8.88. The average Bonchev–Trinajstić information content (AvgIpc) is 2.70. The predicted octanol–water partition coefficient (Wildman–Crippen LogP) is 6.05. The van der Waals surface area contributed by atoms with Gasteiger partial charge >= 0.3 is 0 Å². The van der Waals surface area contributed by atoms with Gasteiger partial charge in [-0.25, -0.2) is 4.98 Å². The zero-order chi connectivity index (χ0) is 19.9. The minimum Gasteiger partial charge on any atom is -0.340 e. The summed E-state index contributed by atoms with van der Waals surface area (Å²) < 4.78 is 0. The maximum Gasteiger partial charge on any atom is 0.229 e. The van der Waals surface area contributed by atoms with Crippen molar-refractivity contribution < 1.29 is 0 Å². The Kier molecular flexibility index (Phi) is 9.03. The predicted molar refractivity (Wildman–Crippen MR) is 124 cm³/mol. The lowest BCUT2D eigenvalue weighted by Gasteiger charge is -2.14. The van der Waals surface area contributed by atoms with Gasteiger partial charge in [0.25, 0.3) is 0 Å². The molecule has 0 atom stereocenters. The smallest absolute Gasteiger partial charge is 0.229 e. The number of aryl methyl sites for hydroxylation is 2. The van der Waals surface area contributed by atoms with Gasteiger partial charge in [-0.15, -0.1) is 12.4 Å². The summed E-state index contributed by atoms with van der Waals surface area (Å²) in [5.74, 6) is 1.12. The lowest BCUT2D eigenvalue weighted by Crippen LogP contribution is -2.02. The molecule has 0 aliphatic rings. The molecule has 2 aromatic carbocycles. The molecule has 2 N–H and O–H groups in total. The van der Waals surface area contributed by atoms with Gasteiger partial charge in [-0.05, 0) is 79.1 Å². The second-order valence-electron chi connectivity index (χ2n) is 6.20. The molecule has 0 amide bonds. The van der Waals surface area contributed by atoms with Gasteiger partial charge < -0.3 is 10.6 Å². The van der Waals surface area contributed by atoms with Gasteiger partial charge in [0.1, 0.15) is 5.82 Å². The van der Waals surface area contributed by atoms with Crippen molar-refractivity contribution in [1.82, 2.24) is 9.97 Å². The van der Waals surface area contributed by atoms with E-state index in [1.807, 2.05) is 44.2 Å². The van der Waals surface area contributed by atoms with Crippen LogP contribution in [0, 0.1) is 36.5 Å². The van der Waals surface area contributed by atoms with Gasteiger partial charge in [0.15, 0.2) is 0 Å². The number of anilines is 4. The van der Waals surface area contributed by atoms with Crippen molar-refractivity contribution in [2.45, 2.75) is 21.3 Å². The zero-order valence-electron chi connectivity index (χ0n) is 16.0. The number of halogens is 1. The van der Waals surface area contributed by atoms with E-state index in [1.54, 1.807) is 30.5 Å². The van der Waals surface area contributed by atoms with Crippen LogP contribution in [0.5, 0.6) is 0 Å². The molecule has 0 radical (unpaired) electrons. The number of hydrogen-bond donors (Lipinski definition) is 2. The Balaban J connectivity index is 0.00000225. The Morgan fingerprint density at radius 3 is 2.23 bits per heavy atom. The number of nitrogens with one attached hydrogen (secondary N) is 2. The van der Waals surface area contributed by atoms with E-state index in [-0.39, 0.29) is 19.8 Å². The fraction of sp³-hybridized carbons (Fsp3) is 0.130. The highest BCUT2D eigenvalue weighted by Gasteiger charge is 2.07. The van der Waals surface area contributed by atoms with Crippen LogP contribution in [0.1, 0.15) is 29.7 Å². The number of nitrogens with zero attached hydrogens (tertiary/aromatic N) is 4. The Morgan fingerprint density at radius 2 is 1.63 bits per heavy atom. The van der Waals surface area contributed by atoms with Crippen molar-refractivity contribution >= 4 is 41.6 Å². The fourth-order valence-electron chi connectivity index (χ4n) is 2.80. The van der Waals surface area contributed by atoms with Gasteiger partial charge in [-0.3, -0.25) is 0 Å². The summed E-state index contributed by atoms with van der Waals surface area (Å²) in [6.45, 7) is 4.02. The van der Waals surface area contributed by atoms with E-state index in [0.29, 0.717) is 17.3 Å². The van der Waals surface area contributed by atoms with Crippen LogP contribution in [-0.2, 0) is 0 Å². The molecule has 7 heteroatoms. The molecular weight excluding hydrogens is 396 g/mol. The summed E-state index contributed by atoms with van der Waals surface area (Å²) in [6, 6.07) is 17.0. The minimum atomic E-state index is 0. The molecule has 3 rings (SSSR count). The van der Waals surface area contributed by atoms with Gasteiger partial charge in [-0.1, -0.05) is 7.43 Å². The van der Waals surface area contributed by atoms with E-state index < -0.39 is 0 Å². The monoisotopic (exact) mass is 418 g/mol. The first-order chi connectivity index (χ1) is 13.6. The number of aromatic nitrogens is 2. The molecule has 0 fully saturated rings. The van der Waals surface area contributed by atoms with E-state index in [2.05, 4.69) is 26.7 Å². The van der Waals surface area contributed by atoms with Crippen LogP contribution in [0.4, 0.5) is 23.1 Å². The summed E-state index contributed by atoms with van der Waals surface area (Å²) in [6.07, 6.45) is 4.93. The minimum absolute atomic E-state index is 0. The topological polar surface area (TPSA) is 97.4 Å².